The van der Waals surface area contributed by atoms with E-state index in [4.69, 9.17) is 11.6 Å². The van der Waals surface area contributed by atoms with E-state index in [-0.39, 0.29) is 0 Å². The highest BCUT2D eigenvalue weighted by Crippen LogP contribution is 2.28. The number of hydrogen-bond acceptors (Lipinski definition) is 0. The summed E-state index contributed by atoms with van der Waals surface area (Å²) in [5.41, 5.74) is 1.24. The first-order valence-corrected chi connectivity index (χ1v) is 5.27. The van der Waals surface area contributed by atoms with Crippen molar-refractivity contribution < 1.29 is 0 Å². The molecule has 0 saturated heterocycles. The Labute approximate surface area is 87.1 Å². The van der Waals surface area contributed by atoms with Crippen LogP contribution in [0, 0.1) is 0 Å². The van der Waals surface area contributed by atoms with Crippen molar-refractivity contribution in [1.82, 2.24) is 0 Å². The fourth-order valence-electron chi connectivity index (χ4n) is 1.12. The Kier molecular flexibility index (Phi) is 3.60. The van der Waals surface area contributed by atoms with Crippen LogP contribution in [0.1, 0.15) is 31.7 Å². The molecule has 0 aliphatic rings. The smallest absolute Gasteiger partial charge is 0.0451 e. The minimum Gasteiger partial charge on any atom is -0.0840 e. The summed E-state index contributed by atoms with van der Waals surface area (Å²) in [6.07, 6.45) is 1.13. The molecule has 1 atom stereocenters. The van der Waals surface area contributed by atoms with Crippen LogP contribution in [0.5, 0.6) is 0 Å². The second-order valence-corrected chi connectivity index (χ2v) is 4.30. The Morgan fingerprint density at radius 2 is 2.17 bits per heavy atom. The summed E-state index contributed by atoms with van der Waals surface area (Å²) in [6.45, 7) is 4.36. The standard InChI is InChI=1S/C10H12BrCl/c1-3-7(2)9-5-4-8(11)6-10(9)12/h4-7H,3H2,1-2H3. The molecule has 0 radical (unpaired) electrons. The van der Waals surface area contributed by atoms with Crippen LogP contribution in [0.4, 0.5) is 0 Å². The zero-order valence-electron chi connectivity index (χ0n) is 7.27. The summed E-state index contributed by atoms with van der Waals surface area (Å²) in [6, 6.07) is 6.07. The summed E-state index contributed by atoms with van der Waals surface area (Å²) >= 11 is 9.46. The quantitative estimate of drug-likeness (QED) is 0.715. The SMILES string of the molecule is CCC(C)c1ccc(Br)cc1Cl. The van der Waals surface area contributed by atoms with Gasteiger partial charge in [0, 0.05) is 9.50 Å². The lowest BCUT2D eigenvalue weighted by atomic mass is 9.99. The van der Waals surface area contributed by atoms with Gasteiger partial charge in [0.2, 0.25) is 0 Å². The van der Waals surface area contributed by atoms with Crippen molar-refractivity contribution in [2.75, 3.05) is 0 Å². The molecule has 2 heteroatoms. The van der Waals surface area contributed by atoms with Crippen LogP contribution < -0.4 is 0 Å². The van der Waals surface area contributed by atoms with Crippen LogP contribution in [-0.4, -0.2) is 0 Å². The van der Waals surface area contributed by atoms with Crippen LogP contribution in [0.3, 0.4) is 0 Å². The van der Waals surface area contributed by atoms with Crippen molar-refractivity contribution in [3.63, 3.8) is 0 Å². The summed E-state index contributed by atoms with van der Waals surface area (Å²) in [7, 11) is 0. The molecule has 1 rings (SSSR count). The van der Waals surface area contributed by atoms with Gasteiger partial charge in [0.15, 0.2) is 0 Å². The summed E-state index contributed by atoms with van der Waals surface area (Å²) < 4.78 is 1.04. The van der Waals surface area contributed by atoms with Crippen molar-refractivity contribution in [2.24, 2.45) is 0 Å². The average Bonchev–Trinajstić information content (AvgIpc) is 2.03. The van der Waals surface area contributed by atoms with E-state index in [1.807, 2.05) is 12.1 Å². The van der Waals surface area contributed by atoms with Gasteiger partial charge in [-0.25, -0.2) is 0 Å². The third-order valence-corrected chi connectivity index (χ3v) is 2.93. The molecule has 0 bridgehead atoms. The van der Waals surface area contributed by atoms with Gasteiger partial charge in [0.05, 0.1) is 0 Å². The molecule has 1 unspecified atom stereocenters. The van der Waals surface area contributed by atoms with Gasteiger partial charge in [0.25, 0.3) is 0 Å². The second kappa shape index (κ2) is 4.29. The molecule has 0 aliphatic heterocycles. The Hall–Kier alpha value is -0.0100. The largest absolute Gasteiger partial charge is 0.0840 e. The molecule has 1 aromatic carbocycles. The molecule has 0 saturated carbocycles. The lowest BCUT2D eigenvalue weighted by Crippen LogP contribution is -1.91. The van der Waals surface area contributed by atoms with Gasteiger partial charge in [-0.05, 0) is 30.0 Å². The van der Waals surface area contributed by atoms with Crippen molar-refractivity contribution >= 4 is 27.5 Å². The van der Waals surface area contributed by atoms with Crippen LogP contribution >= 0.6 is 27.5 Å². The predicted molar refractivity (Wildman–Crippen MR) is 57.9 cm³/mol. The molecule has 0 spiro atoms. The number of rotatable bonds is 2. The first kappa shape index (κ1) is 10.1. The average molecular weight is 248 g/mol. The van der Waals surface area contributed by atoms with Crippen LogP contribution in [0.2, 0.25) is 5.02 Å². The van der Waals surface area contributed by atoms with Gasteiger partial charge in [-0.2, -0.15) is 0 Å². The van der Waals surface area contributed by atoms with Gasteiger partial charge < -0.3 is 0 Å². The first-order valence-electron chi connectivity index (χ1n) is 4.10. The Morgan fingerprint density at radius 1 is 1.50 bits per heavy atom. The van der Waals surface area contributed by atoms with Crippen molar-refractivity contribution in [3.05, 3.63) is 33.3 Å². The number of benzene rings is 1. The second-order valence-electron chi connectivity index (χ2n) is 2.98. The molecule has 66 valence electrons. The summed E-state index contributed by atoms with van der Waals surface area (Å²) in [5, 5.41) is 0.860. The van der Waals surface area contributed by atoms with E-state index in [0.29, 0.717) is 5.92 Å². The molecule has 0 nitrogen and oxygen atoms in total. The molecular weight excluding hydrogens is 235 g/mol. The fourth-order valence-corrected chi connectivity index (χ4v) is 1.98. The van der Waals surface area contributed by atoms with Gasteiger partial charge in [-0.3, -0.25) is 0 Å². The predicted octanol–water partition coefficient (Wildman–Crippen LogP) is 4.62. The summed E-state index contributed by atoms with van der Waals surface area (Å²) in [5.74, 6) is 0.547. The molecule has 0 aromatic heterocycles. The van der Waals surface area contributed by atoms with Gasteiger partial charge in [-0.15, -0.1) is 0 Å². The molecule has 0 aliphatic carbocycles. The van der Waals surface area contributed by atoms with E-state index < -0.39 is 0 Å². The van der Waals surface area contributed by atoms with E-state index in [2.05, 4.69) is 35.8 Å². The van der Waals surface area contributed by atoms with Gasteiger partial charge >= 0.3 is 0 Å². The van der Waals surface area contributed by atoms with Crippen LogP contribution in [0.15, 0.2) is 22.7 Å². The van der Waals surface area contributed by atoms with E-state index in [1.165, 1.54) is 5.56 Å². The third-order valence-electron chi connectivity index (χ3n) is 2.11. The Balaban J connectivity index is 3.01. The number of hydrogen-bond donors (Lipinski definition) is 0. The van der Waals surface area contributed by atoms with E-state index in [9.17, 15) is 0 Å². The summed E-state index contributed by atoms with van der Waals surface area (Å²) in [4.78, 5) is 0. The maximum absolute atomic E-state index is 6.07. The lowest BCUT2D eigenvalue weighted by Gasteiger charge is -2.10. The van der Waals surface area contributed by atoms with E-state index in [0.717, 1.165) is 15.9 Å². The van der Waals surface area contributed by atoms with Crippen LogP contribution in [-0.2, 0) is 0 Å². The fraction of sp³-hybridized carbons (Fsp3) is 0.400. The molecule has 1 aromatic rings. The zero-order valence-corrected chi connectivity index (χ0v) is 9.61. The van der Waals surface area contributed by atoms with Gasteiger partial charge in [-0.1, -0.05) is 47.4 Å². The number of halogens is 2. The Bertz CT molecular complexity index is 271. The van der Waals surface area contributed by atoms with E-state index >= 15 is 0 Å². The third kappa shape index (κ3) is 2.24. The maximum Gasteiger partial charge on any atom is 0.0451 e. The monoisotopic (exact) mass is 246 g/mol. The highest BCUT2D eigenvalue weighted by Gasteiger charge is 2.06. The normalized spacial score (nSPS) is 13.0. The van der Waals surface area contributed by atoms with Crippen molar-refractivity contribution in [2.45, 2.75) is 26.2 Å². The highest BCUT2D eigenvalue weighted by atomic mass is 79.9. The Morgan fingerprint density at radius 3 is 2.67 bits per heavy atom. The molecule has 0 N–H and O–H groups in total. The molecule has 12 heavy (non-hydrogen) atoms. The molecule has 0 fully saturated rings. The maximum atomic E-state index is 6.07. The highest BCUT2D eigenvalue weighted by molar-refractivity contribution is 9.10. The molecule has 0 heterocycles. The van der Waals surface area contributed by atoms with Crippen molar-refractivity contribution in [3.8, 4) is 0 Å². The first-order chi connectivity index (χ1) is 5.65. The lowest BCUT2D eigenvalue weighted by molar-refractivity contribution is 0.733. The van der Waals surface area contributed by atoms with Crippen molar-refractivity contribution in [1.29, 1.82) is 0 Å². The van der Waals surface area contributed by atoms with Gasteiger partial charge in [0.1, 0.15) is 0 Å². The minimum atomic E-state index is 0.547. The van der Waals surface area contributed by atoms with Crippen LogP contribution in [0.25, 0.3) is 0 Å². The zero-order chi connectivity index (χ0) is 9.14. The molecular formula is C10H12BrCl. The topological polar surface area (TPSA) is 0 Å². The minimum absolute atomic E-state index is 0.547. The molecule has 0 amide bonds. The van der Waals surface area contributed by atoms with E-state index in [1.54, 1.807) is 0 Å².